The third-order valence-electron chi connectivity index (χ3n) is 1.77. The van der Waals surface area contributed by atoms with Crippen molar-refractivity contribution in [3.63, 3.8) is 0 Å². The minimum absolute atomic E-state index is 0.313. The van der Waals surface area contributed by atoms with Gasteiger partial charge in [0.1, 0.15) is 6.54 Å². The predicted molar refractivity (Wildman–Crippen MR) is 51.2 cm³/mol. The van der Waals surface area contributed by atoms with Crippen LogP contribution >= 0.6 is 0 Å². The fourth-order valence-corrected chi connectivity index (χ4v) is 0.948. The Kier molecular flexibility index (Phi) is 3.67. The fourth-order valence-electron chi connectivity index (χ4n) is 0.948. The van der Waals surface area contributed by atoms with Gasteiger partial charge in [0.15, 0.2) is 0 Å². The number of aliphatic carboxylic acids is 1. The van der Waals surface area contributed by atoms with Crippen molar-refractivity contribution in [2.45, 2.75) is 13.5 Å². The number of carboxylic acids is 1. The summed E-state index contributed by atoms with van der Waals surface area (Å²) in [7, 11) is 0. The third-order valence-corrected chi connectivity index (χ3v) is 1.77. The second-order valence-electron chi connectivity index (χ2n) is 2.95. The van der Waals surface area contributed by atoms with Crippen LogP contribution in [0, 0.1) is 6.92 Å². The topological polar surface area (TPSA) is 107 Å². The van der Waals surface area contributed by atoms with Crippen molar-refractivity contribution in [2.24, 2.45) is 0 Å². The van der Waals surface area contributed by atoms with E-state index in [1.807, 2.05) is 6.92 Å². The zero-order valence-electron chi connectivity index (χ0n) is 8.20. The summed E-state index contributed by atoms with van der Waals surface area (Å²) in [4.78, 5) is 21.2. The van der Waals surface area contributed by atoms with Crippen molar-refractivity contribution in [3.05, 3.63) is 17.5 Å². The van der Waals surface area contributed by atoms with Crippen LogP contribution < -0.4 is 10.6 Å². The molecule has 0 fully saturated rings. The Morgan fingerprint density at radius 2 is 2.27 bits per heavy atom. The van der Waals surface area contributed by atoms with E-state index in [1.165, 1.54) is 0 Å². The number of hydrogen-bond acceptors (Lipinski definition) is 3. The molecule has 2 amide bonds. The lowest BCUT2D eigenvalue weighted by Gasteiger charge is -2.04. The molecule has 0 aliphatic heterocycles. The average molecular weight is 212 g/mol. The number of carbonyl (C=O) groups is 2. The first kappa shape index (κ1) is 11.0. The molecule has 1 heterocycles. The highest BCUT2D eigenvalue weighted by molar-refractivity contribution is 5.79. The maximum absolute atomic E-state index is 11.0. The zero-order valence-corrected chi connectivity index (χ0v) is 8.20. The fraction of sp³-hybridized carbons (Fsp3) is 0.375. The Bertz CT molecular complexity index is 361. The van der Waals surface area contributed by atoms with E-state index in [9.17, 15) is 9.59 Å². The summed E-state index contributed by atoms with van der Waals surface area (Å²) in [6.07, 6.45) is 1.60. The summed E-state index contributed by atoms with van der Waals surface area (Å²) in [6, 6.07) is -0.516. The molecule has 0 spiro atoms. The highest BCUT2D eigenvalue weighted by Gasteiger charge is 2.04. The second-order valence-corrected chi connectivity index (χ2v) is 2.95. The Morgan fingerprint density at radius 1 is 1.53 bits per heavy atom. The Hall–Kier alpha value is -2.05. The summed E-state index contributed by atoms with van der Waals surface area (Å²) < 4.78 is 0. The van der Waals surface area contributed by atoms with Crippen LogP contribution in [0.25, 0.3) is 0 Å². The van der Waals surface area contributed by atoms with E-state index in [0.29, 0.717) is 6.54 Å². The van der Waals surface area contributed by atoms with E-state index >= 15 is 0 Å². The standard InChI is InChI=1S/C8H12N4O3/c1-5-6(3-11-12-5)2-9-8(15)10-4-7(13)14/h3H,2,4H2,1H3,(H,11,12)(H,13,14)(H2,9,10,15). The number of carbonyl (C=O) groups excluding carboxylic acids is 1. The van der Waals surface area contributed by atoms with E-state index in [-0.39, 0.29) is 0 Å². The normalized spacial score (nSPS) is 9.67. The highest BCUT2D eigenvalue weighted by Crippen LogP contribution is 2.00. The van der Waals surface area contributed by atoms with E-state index in [0.717, 1.165) is 11.3 Å². The molecule has 7 heteroatoms. The van der Waals surface area contributed by atoms with Gasteiger partial charge in [0.2, 0.25) is 0 Å². The van der Waals surface area contributed by atoms with Crippen molar-refractivity contribution in [2.75, 3.05) is 6.54 Å². The number of amides is 2. The summed E-state index contributed by atoms with van der Waals surface area (Å²) in [6.45, 7) is 1.75. The summed E-state index contributed by atoms with van der Waals surface area (Å²) in [5, 5.41) is 19.5. The number of aromatic amines is 1. The number of aromatic nitrogens is 2. The van der Waals surface area contributed by atoms with Gasteiger partial charge >= 0.3 is 12.0 Å². The molecular weight excluding hydrogens is 200 g/mol. The van der Waals surface area contributed by atoms with Crippen LogP contribution in [0.4, 0.5) is 4.79 Å². The number of rotatable bonds is 4. The van der Waals surface area contributed by atoms with Crippen molar-refractivity contribution < 1.29 is 14.7 Å². The average Bonchev–Trinajstić information content (AvgIpc) is 2.58. The number of urea groups is 1. The summed E-state index contributed by atoms with van der Waals surface area (Å²) >= 11 is 0. The molecule has 4 N–H and O–H groups in total. The number of aryl methyl sites for hydroxylation is 1. The molecule has 0 unspecified atom stereocenters. The predicted octanol–water partition coefficient (Wildman–Crippen LogP) is -0.398. The quantitative estimate of drug-likeness (QED) is 0.544. The van der Waals surface area contributed by atoms with E-state index in [4.69, 9.17) is 5.11 Å². The van der Waals surface area contributed by atoms with Gasteiger partial charge in [-0.3, -0.25) is 9.89 Å². The number of carboxylic acid groups (broad SMARTS) is 1. The Morgan fingerprint density at radius 3 is 2.80 bits per heavy atom. The highest BCUT2D eigenvalue weighted by atomic mass is 16.4. The first-order valence-corrected chi connectivity index (χ1v) is 4.32. The molecule has 0 atom stereocenters. The van der Waals surface area contributed by atoms with Crippen LogP contribution in [0.3, 0.4) is 0 Å². The van der Waals surface area contributed by atoms with Gasteiger partial charge in [-0.1, -0.05) is 0 Å². The van der Waals surface area contributed by atoms with Crippen LogP contribution in [0.2, 0.25) is 0 Å². The van der Waals surface area contributed by atoms with Gasteiger partial charge in [0.25, 0.3) is 0 Å². The van der Waals surface area contributed by atoms with Crippen molar-refractivity contribution in [3.8, 4) is 0 Å². The molecular formula is C8H12N4O3. The molecule has 1 rings (SSSR count). The first-order valence-electron chi connectivity index (χ1n) is 4.32. The third kappa shape index (κ3) is 3.67. The SMILES string of the molecule is Cc1[nH]ncc1CNC(=O)NCC(=O)O. The number of nitrogens with zero attached hydrogens (tertiary/aromatic N) is 1. The molecule has 0 saturated carbocycles. The lowest BCUT2D eigenvalue weighted by atomic mass is 10.3. The molecule has 82 valence electrons. The molecule has 0 aliphatic rings. The van der Waals surface area contributed by atoms with Crippen LogP contribution in [0.1, 0.15) is 11.3 Å². The lowest BCUT2D eigenvalue weighted by Crippen LogP contribution is -2.38. The number of nitrogens with one attached hydrogen (secondary N) is 3. The summed E-state index contributed by atoms with van der Waals surface area (Å²) in [5.41, 5.74) is 1.73. The maximum atomic E-state index is 11.0. The minimum Gasteiger partial charge on any atom is -0.480 e. The van der Waals surface area contributed by atoms with E-state index in [2.05, 4.69) is 20.8 Å². The molecule has 0 aromatic carbocycles. The zero-order chi connectivity index (χ0) is 11.3. The largest absolute Gasteiger partial charge is 0.480 e. The van der Waals surface area contributed by atoms with Gasteiger partial charge < -0.3 is 15.7 Å². The molecule has 0 radical (unpaired) electrons. The van der Waals surface area contributed by atoms with Gasteiger partial charge in [0, 0.05) is 17.8 Å². The van der Waals surface area contributed by atoms with Crippen LogP contribution in [-0.2, 0) is 11.3 Å². The van der Waals surface area contributed by atoms with E-state index < -0.39 is 18.5 Å². The van der Waals surface area contributed by atoms with Crippen LogP contribution in [-0.4, -0.2) is 33.8 Å². The molecule has 1 aromatic heterocycles. The van der Waals surface area contributed by atoms with Crippen molar-refractivity contribution >= 4 is 12.0 Å². The monoisotopic (exact) mass is 212 g/mol. The van der Waals surface area contributed by atoms with Crippen LogP contribution in [0.15, 0.2) is 6.20 Å². The number of hydrogen-bond donors (Lipinski definition) is 4. The van der Waals surface area contributed by atoms with E-state index in [1.54, 1.807) is 6.20 Å². The molecule has 1 aromatic rings. The molecule has 0 bridgehead atoms. The van der Waals surface area contributed by atoms with Gasteiger partial charge in [-0.25, -0.2) is 4.79 Å². The second kappa shape index (κ2) is 4.99. The Labute approximate surface area is 85.9 Å². The first-order chi connectivity index (χ1) is 7.09. The van der Waals surface area contributed by atoms with Gasteiger partial charge in [0.05, 0.1) is 6.20 Å². The molecule has 0 aliphatic carbocycles. The van der Waals surface area contributed by atoms with Crippen molar-refractivity contribution in [1.82, 2.24) is 20.8 Å². The number of H-pyrrole nitrogens is 1. The minimum atomic E-state index is -1.08. The van der Waals surface area contributed by atoms with Gasteiger partial charge in [-0.15, -0.1) is 0 Å². The molecule has 15 heavy (non-hydrogen) atoms. The van der Waals surface area contributed by atoms with Crippen LogP contribution in [0.5, 0.6) is 0 Å². The molecule has 7 nitrogen and oxygen atoms in total. The Balaban J connectivity index is 2.28. The lowest BCUT2D eigenvalue weighted by molar-refractivity contribution is -0.135. The maximum Gasteiger partial charge on any atom is 0.323 e. The molecule has 0 saturated heterocycles. The van der Waals surface area contributed by atoms with Gasteiger partial charge in [-0.2, -0.15) is 5.10 Å². The van der Waals surface area contributed by atoms with Gasteiger partial charge in [-0.05, 0) is 6.92 Å². The summed E-state index contributed by atoms with van der Waals surface area (Å²) in [5.74, 6) is -1.08. The van der Waals surface area contributed by atoms with Crippen molar-refractivity contribution in [1.29, 1.82) is 0 Å². The smallest absolute Gasteiger partial charge is 0.323 e.